The number of alkyl halides is 3. The van der Waals surface area contributed by atoms with Gasteiger partial charge in [-0.15, -0.1) is 0 Å². The number of anilines is 1. The van der Waals surface area contributed by atoms with Crippen molar-refractivity contribution in [3.8, 4) is 0 Å². The van der Waals surface area contributed by atoms with Crippen LogP contribution >= 0.6 is 0 Å². The summed E-state index contributed by atoms with van der Waals surface area (Å²) in [4.78, 5) is 14.7. The first-order valence-corrected chi connectivity index (χ1v) is 10.6. The Hall–Kier alpha value is -1.77. The normalized spacial score (nSPS) is 30.3. The number of piperidine rings is 1. The summed E-state index contributed by atoms with van der Waals surface area (Å²) in [6.45, 7) is 5.01. The third kappa shape index (κ3) is 3.98. The highest BCUT2D eigenvalue weighted by Gasteiger charge is 2.47. The van der Waals surface area contributed by atoms with Crippen LogP contribution in [0.4, 0.5) is 19.0 Å². The fraction of sp³-hybridized carbons (Fsp3) is 0.800. The highest BCUT2D eigenvalue weighted by Crippen LogP contribution is 2.42. The molecular formula is C20H29F3N4O2. The van der Waals surface area contributed by atoms with Gasteiger partial charge in [-0.2, -0.15) is 18.3 Å². The van der Waals surface area contributed by atoms with E-state index in [4.69, 9.17) is 4.74 Å². The van der Waals surface area contributed by atoms with Gasteiger partial charge in [-0.1, -0.05) is 13.8 Å². The molecular weight excluding hydrogens is 385 g/mol. The maximum atomic E-state index is 13.7. The van der Waals surface area contributed by atoms with Gasteiger partial charge in [-0.05, 0) is 44.4 Å². The van der Waals surface area contributed by atoms with Crippen molar-refractivity contribution in [1.82, 2.24) is 14.7 Å². The van der Waals surface area contributed by atoms with Crippen molar-refractivity contribution >= 4 is 11.7 Å². The zero-order chi connectivity index (χ0) is 20.8. The Balaban J connectivity index is 1.64. The van der Waals surface area contributed by atoms with E-state index in [-0.39, 0.29) is 30.3 Å². The molecule has 0 aliphatic carbocycles. The quantitative estimate of drug-likeness (QED) is 0.810. The average molecular weight is 414 g/mol. The van der Waals surface area contributed by atoms with E-state index in [1.807, 2.05) is 13.8 Å². The van der Waals surface area contributed by atoms with E-state index >= 15 is 0 Å². The van der Waals surface area contributed by atoms with Gasteiger partial charge < -0.3 is 15.0 Å². The molecule has 162 valence electrons. The highest BCUT2D eigenvalue weighted by atomic mass is 19.4. The van der Waals surface area contributed by atoms with Crippen LogP contribution in [0, 0.1) is 5.92 Å². The first-order chi connectivity index (χ1) is 13.8. The van der Waals surface area contributed by atoms with Gasteiger partial charge in [0, 0.05) is 25.3 Å². The van der Waals surface area contributed by atoms with Crippen molar-refractivity contribution in [3.63, 3.8) is 0 Å². The van der Waals surface area contributed by atoms with E-state index in [1.54, 1.807) is 11.0 Å². The lowest BCUT2D eigenvalue weighted by atomic mass is 9.94. The van der Waals surface area contributed by atoms with Crippen LogP contribution in [-0.4, -0.2) is 52.1 Å². The first kappa shape index (κ1) is 20.5. The third-order valence-corrected chi connectivity index (χ3v) is 6.38. The van der Waals surface area contributed by atoms with Crippen LogP contribution in [0.1, 0.15) is 70.2 Å². The van der Waals surface area contributed by atoms with Gasteiger partial charge >= 0.3 is 6.18 Å². The smallest absolute Gasteiger partial charge is 0.368 e. The van der Waals surface area contributed by atoms with Gasteiger partial charge in [-0.25, -0.2) is 4.68 Å². The second-order valence-electron chi connectivity index (χ2n) is 8.73. The lowest BCUT2D eigenvalue weighted by Gasteiger charge is -2.36. The molecule has 1 aromatic heterocycles. The summed E-state index contributed by atoms with van der Waals surface area (Å²) in [6.07, 6.45) is -0.755. The highest BCUT2D eigenvalue weighted by molar-refractivity contribution is 5.81. The Labute approximate surface area is 168 Å². The number of ether oxygens (including phenoxy) is 1. The minimum absolute atomic E-state index is 0.0431. The van der Waals surface area contributed by atoms with Crippen molar-refractivity contribution in [1.29, 1.82) is 0 Å². The van der Waals surface area contributed by atoms with Crippen molar-refractivity contribution in [2.45, 2.75) is 82.8 Å². The predicted molar refractivity (Wildman–Crippen MR) is 101 cm³/mol. The van der Waals surface area contributed by atoms with E-state index in [9.17, 15) is 18.0 Å². The van der Waals surface area contributed by atoms with E-state index in [1.165, 1.54) is 0 Å². The number of hydrogen-bond acceptors (Lipinski definition) is 4. The number of aromatic nitrogens is 2. The number of nitrogens with one attached hydrogen (secondary N) is 1. The fourth-order valence-corrected chi connectivity index (χ4v) is 4.68. The molecule has 29 heavy (non-hydrogen) atoms. The van der Waals surface area contributed by atoms with E-state index < -0.39 is 18.3 Å². The molecule has 2 fully saturated rings. The fourth-order valence-electron chi connectivity index (χ4n) is 4.68. The van der Waals surface area contributed by atoms with Crippen molar-refractivity contribution in [3.05, 3.63) is 11.8 Å². The van der Waals surface area contributed by atoms with Crippen molar-refractivity contribution in [2.75, 3.05) is 18.5 Å². The van der Waals surface area contributed by atoms with Gasteiger partial charge in [-0.3, -0.25) is 4.79 Å². The molecule has 1 amide bonds. The number of hydrogen-bond donors (Lipinski definition) is 1. The number of carbonyl (C=O) groups is 1. The number of carbonyl (C=O) groups excluding carboxylic acids is 1. The van der Waals surface area contributed by atoms with Gasteiger partial charge in [0.05, 0.1) is 11.7 Å². The maximum absolute atomic E-state index is 13.7. The van der Waals surface area contributed by atoms with Crippen LogP contribution in [0.15, 0.2) is 6.07 Å². The molecule has 0 saturated carbocycles. The molecule has 0 unspecified atom stereocenters. The Morgan fingerprint density at radius 1 is 1.28 bits per heavy atom. The molecule has 4 rings (SSSR count). The van der Waals surface area contributed by atoms with Gasteiger partial charge in [0.1, 0.15) is 11.9 Å². The summed E-state index contributed by atoms with van der Waals surface area (Å²) in [6, 6.07) is -0.508. The molecule has 3 aliphatic heterocycles. The molecule has 3 aliphatic rings. The molecule has 0 bridgehead atoms. The number of likely N-dealkylation sites (tertiary alicyclic amines) is 1. The molecule has 1 aromatic rings. The lowest BCUT2D eigenvalue weighted by molar-refractivity contribution is -0.174. The number of halogens is 3. The third-order valence-electron chi connectivity index (χ3n) is 6.38. The molecule has 2 saturated heterocycles. The van der Waals surface area contributed by atoms with Crippen LogP contribution < -0.4 is 5.32 Å². The van der Waals surface area contributed by atoms with Gasteiger partial charge in [0.25, 0.3) is 5.91 Å². The zero-order valence-corrected chi connectivity index (χ0v) is 16.9. The summed E-state index contributed by atoms with van der Waals surface area (Å²) in [7, 11) is 0. The first-order valence-electron chi connectivity index (χ1n) is 10.6. The van der Waals surface area contributed by atoms with Crippen LogP contribution in [0.5, 0.6) is 0 Å². The lowest BCUT2D eigenvalue weighted by Crippen LogP contribution is -2.44. The average Bonchev–Trinajstić information content (AvgIpc) is 3.35. The summed E-state index contributed by atoms with van der Waals surface area (Å²) < 4.78 is 47.9. The minimum Gasteiger partial charge on any atom is -0.368 e. The summed E-state index contributed by atoms with van der Waals surface area (Å²) in [5.41, 5.74) is 0.539. The van der Waals surface area contributed by atoms with Crippen LogP contribution in [0.25, 0.3) is 0 Å². The summed E-state index contributed by atoms with van der Waals surface area (Å²) >= 11 is 0. The molecule has 1 N–H and O–H groups in total. The standard InChI is InChI=1S/C20H29F3N4O2/c1-12(2)13-10-17(20(21,22)23)27-18(24-13)11-14(25-27)15-6-3-4-8-26(15)19(28)16-7-5-9-29-16/h11-13,15-17,24H,3-10H2,1-2H3/t13-,15+,16+,17+/m0/s1. The second kappa shape index (κ2) is 7.81. The number of fused-ring (bicyclic) bond motifs is 1. The molecule has 0 aromatic carbocycles. The van der Waals surface area contributed by atoms with Crippen molar-refractivity contribution < 1.29 is 22.7 Å². The topological polar surface area (TPSA) is 59.4 Å². The Morgan fingerprint density at radius 2 is 2.07 bits per heavy atom. The van der Waals surface area contributed by atoms with E-state index in [0.717, 1.165) is 23.9 Å². The largest absolute Gasteiger partial charge is 0.410 e. The second-order valence-corrected chi connectivity index (χ2v) is 8.73. The van der Waals surface area contributed by atoms with Crippen molar-refractivity contribution in [2.24, 2.45) is 5.92 Å². The van der Waals surface area contributed by atoms with Crippen LogP contribution in [-0.2, 0) is 9.53 Å². The van der Waals surface area contributed by atoms with Gasteiger partial charge in [0.2, 0.25) is 0 Å². The van der Waals surface area contributed by atoms with Crippen LogP contribution in [0.3, 0.4) is 0 Å². The minimum atomic E-state index is -4.37. The predicted octanol–water partition coefficient (Wildman–Crippen LogP) is 4.06. The zero-order valence-electron chi connectivity index (χ0n) is 16.9. The Kier molecular flexibility index (Phi) is 5.52. The molecule has 4 heterocycles. The Morgan fingerprint density at radius 3 is 2.72 bits per heavy atom. The number of rotatable bonds is 3. The van der Waals surface area contributed by atoms with E-state index in [0.29, 0.717) is 37.5 Å². The van der Waals surface area contributed by atoms with E-state index in [2.05, 4.69) is 10.4 Å². The molecule has 0 spiro atoms. The number of amides is 1. The number of nitrogens with zero attached hydrogens (tertiary/aromatic N) is 3. The molecule has 6 nitrogen and oxygen atoms in total. The molecule has 0 radical (unpaired) electrons. The monoisotopic (exact) mass is 414 g/mol. The van der Waals surface area contributed by atoms with Gasteiger partial charge in [0.15, 0.2) is 6.04 Å². The summed E-state index contributed by atoms with van der Waals surface area (Å²) in [5.74, 6) is 0.403. The SMILES string of the molecule is CC(C)[C@@H]1C[C@H](C(F)(F)F)n2nc([C@H]3CCCCN3C(=O)[C@H]3CCCO3)cc2N1. The molecule has 4 atom stereocenters. The molecule has 9 heteroatoms. The summed E-state index contributed by atoms with van der Waals surface area (Å²) in [5, 5.41) is 7.60. The Bertz CT molecular complexity index is 743. The van der Waals surface area contributed by atoms with Crippen LogP contribution in [0.2, 0.25) is 0 Å². The maximum Gasteiger partial charge on any atom is 0.410 e.